The normalized spacial score (nSPS) is 13.7. The van der Waals surface area contributed by atoms with E-state index in [1.165, 1.54) is 37.4 Å². The first-order valence-corrected chi connectivity index (χ1v) is 11.2. The molecule has 0 saturated heterocycles. The summed E-state index contributed by atoms with van der Waals surface area (Å²) in [5, 5.41) is 2.44. The minimum absolute atomic E-state index is 0.00852. The first kappa shape index (κ1) is 28.4. The molecule has 192 valence electrons. The molecule has 0 fully saturated rings. The third-order valence-corrected chi connectivity index (χ3v) is 5.47. The van der Waals surface area contributed by atoms with Gasteiger partial charge in [-0.05, 0) is 62.6 Å². The van der Waals surface area contributed by atoms with Crippen LogP contribution in [0.5, 0.6) is 5.75 Å². The van der Waals surface area contributed by atoms with Gasteiger partial charge < -0.3 is 14.8 Å². The molecule has 0 radical (unpaired) electrons. The molecule has 0 aliphatic heterocycles. The monoisotopic (exact) mass is 517 g/mol. The number of ether oxygens (including phenoxy) is 2. The van der Waals surface area contributed by atoms with Crippen LogP contribution < -0.4 is 10.1 Å². The van der Waals surface area contributed by atoms with Crippen molar-refractivity contribution in [1.29, 1.82) is 0 Å². The molecule has 10 heteroatoms. The van der Waals surface area contributed by atoms with Crippen molar-refractivity contribution < 1.29 is 36.6 Å². The van der Waals surface area contributed by atoms with Gasteiger partial charge in [-0.2, -0.15) is 13.2 Å². The SMILES string of the molecule is COc1cc([C@@H](C(=O)Nc2cc(CCC(=O)OC(C)(C)C)ccc2F)[C@@H](C)C(F)(F)F)ccc1Cl. The summed E-state index contributed by atoms with van der Waals surface area (Å²) in [5.41, 5.74) is -0.443. The Labute approximate surface area is 206 Å². The summed E-state index contributed by atoms with van der Waals surface area (Å²) >= 11 is 5.98. The number of anilines is 1. The highest BCUT2D eigenvalue weighted by Gasteiger charge is 2.45. The Morgan fingerprint density at radius 1 is 1.09 bits per heavy atom. The third-order valence-electron chi connectivity index (χ3n) is 5.16. The Hall–Kier alpha value is -2.81. The van der Waals surface area contributed by atoms with Gasteiger partial charge in [0.2, 0.25) is 5.91 Å². The third kappa shape index (κ3) is 8.13. The number of carbonyl (C=O) groups is 2. The van der Waals surface area contributed by atoms with Gasteiger partial charge in [0.25, 0.3) is 0 Å². The van der Waals surface area contributed by atoms with Crippen LogP contribution in [0.25, 0.3) is 0 Å². The highest BCUT2D eigenvalue weighted by Crippen LogP contribution is 2.40. The van der Waals surface area contributed by atoms with Crippen LogP contribution in [0.3, 0.4) is 0 Å². The van der Waals surface area contributed by atoms with Crippen molar-refractivity contribution in [3.05, 3.63) is 58.4 Å². The summed E-state index contributed by atoms with van der Waals surface area (Å²) in [7, 11) is 1.30. The Bertz CT molecular complexity index is 1070. The maximum absolute atomic E-state index is 14.5. The second-order valence-corrected chi connectivity index (χ2v) is 9.50. The summed E-state index contributed by atoms with van der Waals surface area (Å²) in [4.78, 5) is 25.0. The molecule has 2 rings (SSSR count). The summed E-state index contributed by atoms with van der Waals surface area (Å²) in [6, 6.07) is 7.67. The molecule has 1 amide bonds. The number of esters is 1. The molecule has 5 nitrogen and oxygen atoms in total. The van der Waals surface area contributed by atoms with Gasteiger partial charge in [-0.15, -0.1) is 0 Å². The predicted molar refractivity (Wildman–Crippen MR) is 125 cm³/mol. The molecule has 2 aromatic carbocycles. The number of nitrogens with one attached hydrogen (secondary N) is 1. The second kappa shape index (κ2) is 11.3. The van der Waals surface area contributed by atoms with Gasteiger partial charge in [0.05, 0.1) is 29.7 Å². The topological polar surface area (TPSA) is 64.6 Å². The van der Waals surface area contributed by atoms with E-state index >= 15 is 0 Å². The van der Waals surface area contributed by atoms with Crippen LogP contribution in [-0.2, 0) is 20.7 Å². The van der Waals surface area contributed by atoms with Crippen molar-refractivity contribution in [3.8, 4) is 5.75 Å². The summed E-state index contributed by atoms with van der Waals surface area (Å²) in [6.45, 7) is 6.06. The van der Waals surface area contributed by atoms with E-state index < -0.39 is 41.3 Å². The minimum atomic E-state index is -4.71. The maximum atomic E-state index is 14.5. The molecule has 0 aliphatic carbocycles. The average Bonchev–Trinajstić information content (AvgIpc) is 2.73. The largest absolute Gasteiger partial charge is 0.495 e. The van der Waals surface area contributed by atoms with Crippen LogP contribution in [0, 0.1) is 11.7 Å². The van der Waals surface area contributed by atoms with Gasteiger partial charge >= 0.3 is 12.1 Å². The molecule has 1 N–H and O–H groups in total. The lowest BCUT2D eigenvalue weighted by Gasteiger charge is -2.26. The molecule has 0 spiro atoms. The van der Waals surface area contributed by atoms with E-state index in [4.69, 9.17) is 21.1 Å². The molecular weight excluding hydrogens is 490 g/mol. The van der Waals surface area contributed by atoms with E-state index in [-0.39, 0.29) is 34.9 Å². The van der Waals surface area contributed by atoms with Crippen molar-refractivity contribution in [3.63, 3.8) is 0 Å². The molecule has 35 heavy (non-hydrogen) atoms. The van der Waals surface area contributed by atoms with Crippen LogP contribution in [-0.4, -0.2) is 30.8 Å². The van der Waals surface area contributed by atoms with Crippen molar-refractivity contribution in [2.24, 2.45) is 5.92 Å². The number of hydrogen-bond acceptors (Lipinski definition) is 4. The van der Waals surface area contributed by atoms with E-state index in [1.54, 1.807) is 20.8 Å². The van der Waals surface area contributed by atoms with E-state index in [1.807, 2.05) is 0 Å². The smallest absolute Gasteiger partial charge is 0.392 e. The number of hydrogen-bond donors (Lipinski definition) is 1. The van der Waals surface area contributed by atoms with Crippen molar-refractivity contribution in [2.75, 3.05) is 12.4 Å². The lowest BCUT2D eigenvalue weighted by molar-refractivity contribution is -0.178. The van der Waals surface area contributed by atoms with Crippen molar-refractivity contribution >= 4 is 29.2 Å². The minimum Gasteiger partial charge on any atom is -0.495 e. The van der Waals surface area contributed by atoms with Crippen LogP contribution in [0.15, 0.2) is 36.4 Å². The van der Waals surface area contributed by atoms with E-state index in [9.17, 15) is 27.2 Å². The first-order valence-electron chi connectivity index (χ1n) is 10.8. The standard InChI is InChI=1S/C25H28ClF4NO4/c1-14(25(28,29)30)22(16-8-9-17(26)20(13-16)34-5)23(33)31-19-12-15(6-10-18(19)27)7-11-21(32)35-24(2,3)4/h6,8-10,12-14,22H,7,11H2,1-5H3,(H,31,33)/t14-,22+/m1/s1. The molecule has 0 aromatic heterocycles. The average molecular weight is 518 g/mol. The van der Waals surface area contributed by atoms with Crippen LogP contribution >= 0.6 is 11.6 Å². The van der Waals surface area contributed by atoms with Crippen LogP contribution in [0.4, 0.5) is 23.2 Å². The number of benzene rings is 2. The molecule has 2 atom stereocenters. The molecular formula is C25H28ClF4NO4. The Kier molecular flexibility index (Phi) is 9.17. The van der Waals surface area contributed by atoms with E-state index in [0.717, 1.165) is 13.0 Å². The van der Waals surface area contributed by atoms with E-state index in [0.29, 0.717) is 5.56 Å². The van der Waals surface area contributed by atoms with Gasteiger partial charge in [-0.25, -0.2) is 4.39 Å². The number of aryl methyl sites for hydroxylation is 1. The zero-order valence-corrected chi connectivity index (χ0v) is 20.8. The first-order chi connectivity index (χ1) is 16.1. The molecule has 0 saturated carbocycles. The Morgan fingerprint density at radius 3 is 2.31 bits per heavy atom. The quantitative estimate of drug-likeness (QED) is 0.313. The maximum Gasteiger partial charge on any atom is 0.392 e. The van der Waals surface area contributed by atoms with Gasteiger partial charge in [0.15, 0.2) is 0 Å². The summed E-state index contributed by atoms with van der Waals surface area (Å²) in [5.74, 6) is -6.03. The molecule has 0 bridgehead atoms. The number of alkyl halides is 3. The lowest BCUT2D eigenvalue weighted by atomic mass is 9.85. The molecule has 0 aliphatic rings. The number of halogens is 5. The van der Waals surface area contributed by atoms with E-state index in [2.05, 4.69) is 5.32 Å². The lowest BCUT2D eigenvalue weighted by Crippen LogP contribution is -2.34. The number of carbonyl (C=O) groups excluding carboxylic acids is 2. The number of amides is 1. The van der Waals surface area contributed by atoms with Gasteiger partial charge in [-0.1, -0.05) is 30.7 Å². The fraction of sp³-hybridized carbons (Fsp3) is 0.440. The Morgan fingerprint density at radius 2 is 1.74 bits per heavy atom. The fourth-order valence-corrected chi connectivity index (χ4v) is 3.59. The molecule has 0 unspecified atom stereocenters. The molecule has 2 aromatic rings. The summed E-state index contributed by atoms with van der Waals surface area (Å²) < 4.78 is 65.6. The fourth-order valence-electron chi connectivity index (χ4n) is 3.40. The summed E-state index contributed by atoms with van der Waals surface area (Å²) in [6.07, 6.45) is -4.51. The highest BCUT2D eigenvalue weighted by molar-refractivity contribution is 6.32. The zero-order valence-electron chi connectivity index (χ0n) is 20.1. The van der Waals surface area contributed by atoms with Gasteiger partial charge in [0, 0.05) is 6.42 Å². The van der Waals surface area contributed by atoms with Gasteiger partial charge in [-0.3, -0.25) is 9.59 Å². The zero-order chi connectivity index (χ0) is 26.6. The number of methoxy groups -OCH3 is 1. The number of rotatable bonds is 8. The van der Waals surface area contributed by atoms with Crippen molar-refractivity contribution in [2.45, 2.75) is 58.2 Å². The molecule has 0 heterocycles. The highest BCUT2D eigenvalue weighted by atomic mass is 35.5. The Balaban J connectivity index is 2.30. The van der Waals surface area contributed by atoms with Crippen LogP contribution in [0.1, 0.15) is 51.2 Å². The van der Waals surface area contributed by atoms with Crippen molar-refractivity contribution in [1.82, 2.24) is 0 Å². The predicted octanol–water partition coefficient (Wildman–Crippen LogP) is 6.68. The van der Waals surface area contributed by atoms with Crippen LogP contribution in [0.2, 0.25) is 5.02 Å². The second-order valence-electron chi connectivity index (χ2n) is 9.09. The van der Waals surface area contributed by atoms with Gasteiger partial charge in [0.1, 0.15) is 17.2 Å².